The Labute approximate surface area is 111 Å². The average Bonchev–Trinajstić information content (AvgIpc) is 2.32. The lowest BCUT2D eigenvalue weighted by Gasteiger charge is -2.27. The molecule has 0 saturated heterocycles. The van der Waals surface area contributed by atoms with E-state index in [1.807, 2.05) is 6.07 Å². The largest absolute Gasteiger partial charge is 0.496 e. The van der Waals surface area contributed by atoms with Crippen molar-refractivity contribution in [2.24, 2.45) is 5.73 Å². The minimum Gasteiger partial charge on any atom is -0.496 e. The summed E-state index contributed by atoms with van der Waals surface area (Å²) in [5.41, 5.74) is 7.04. The monoisotopic (exact) mass is 298 g/mol. The number of methoxy groups -OCH3 is 1. The summed E-state index contributed by atoms with van der Waals surface area (Å²) in [4.78, 5) is 0. The molecule has 1 aliphatic carbocycles. The molecule has 0 spiro atoms. The van der Waals surface area contributed by atoms with Crippen molar-refractivity contribution in [3.63, 3.8) is 0 Å². The van der Waals surface area contributed by atoms with Crippen LogP contribution in [-0.2, 0) is 0 Å². The number of hydrogen-bond donors (Lipinski definition) is 2. The van der Waals surface area contributed by atoms with Crippen molar-refractivity contribution in [3.8, 4) is 5.75 Å². The highest BCUT2D eigenvalue weighted by Crippen LogP contribution is 2.29. The molecule has 0 amide bonds. The van der Waals surface area contributed by atoms with E-state index in [1.165, 1.54) is 0 Å². The van der Waals surface area contributed by atoms with Gasteiger partial charge in [0.05, 0.1) is 11.6 Å². The topological polar surface area (TPSA) is 47.3 Å². The SMILES string of the molecule is COc1ccc(NC2CCC(N)CC2)cc1Br. The van der Waals surface area contributed by atoms with Gasteiger partial charge in [0.1, 0.15) is 5.75 Å². The van der Waals surface area contributed by atoms with Crippen molar-refractivity contribution < 1.29 is 4.74 Å². The maximum absolute atomic E-state index is 5.90. The minimum atomic E-state index is 0.399. The van der Waals surface area contributed by atoms with E-state index in [0.717, 1.165) is 41.6 Å². The van der Waals surface area contributed by atoms with Gasteiger partial charge in [0, 0.05) is 17.8 Å². The number of rotatable bonds is 3. The number of hydrogen-bond acceptors (Lipinski definition) is 3. The Kier molecular flexibility index (Phi) is 4.29. The molecule has 0 radical (unpaired) electrons. The molecular weight excluding hydrogens is 280 g/mol. The normalized spacial score (nSPS) is 24.4. The first-order chi connectivity index (χ1) is 8.19. The van der Waals surface area contributed by atoms with E-state index in [0.29, 0.717) is 12.1 Å². The maximum atomic E-state index is 5.90. The van der Waals surface area contributed by atoms with E-state index < -0.39 is 0 Å². The molecule has 0 unspecified atom stereocenters. The number of anilines is 1. The van der Waals surface area contributed by atoms with Crippen molar-refractivity contribution in [1.29, 1.82) is 0 Å². The zero-order chi connectivity index (χ0) is 12.3. The van der Waals surface area contributed by atoms with Crippen LogP contribution in [0.2, 0.25) is 0 Å². The summed E-state index contributed by atoms with van der Waals surface area (Å²) in [6.07, 6.45) is 4.56. The minimum absolute atomic E-state index is 0.399. The molecule has 3 N–H and O–H groups in total. The van der Waals surface area contributed by atoms with E-state index in [-0.39, 0.29) is 0 Å². The van der Waals surface area contributed by atoms with Gasteiger partial charge in [-0.3, -0.25) is 0 Å². The van der Waals surface area contributed by atoms with Crippen LogP contribution in [0.1, 0.15) is 25.7 Å². The number of nitrogens with one attached hydrogen (secondary N) is 1. The molecule has 3 nitrogen and oxygen atoms in total. The predicted molar refractivity (Wildman–Crippen MR) is 74.5 cm³/mol. The third-order valence-electron chi connectivity index (χ3n) is 3.29. The van der Waals surface area contributed by atoms with Gasteiger partial charge in [0.15, 0.2) is 0 Å². The molecular formula is C13H19BrN2O. The van der Waals surface area contributed by atoms with Gasteiger partial charge in [-0.25, -0.2) is 0 Å². The third kappa shape index (κ3) is 3.36. The second-order valence-corrected chi connectivity index (χ2v) is 5.46. The summed E-state index contributed by atoms with van der Waals surface area (Å²) in [5.74, 6) is 0.862. The average molecular weight is 299 g/mol. The Balaban J connectivity index is 1.97. The molecule has 1 fully saturated rings. The molecule has 0 atom stereocenters. The smallest absolute Gasteiger partial charge is 0.133 e. The van der Waals surface area contributed by atoms with Gasteiger partial charge in [-0.1, -0.05) is 0 Å². The second kappa shape index (κ2) is 5.74. The summed E-state index contributed by atoms with van der Waals surface area (Å²) in [6, 6.07) is 7.04. The third-order valence-corrected chi connectivity index (χ3v) is 3.91. The van der Waals surface area contributed by atoms with E-state index in [1.54, 1.807) is 7.11 Å². The lowest BCUT2D eigenvalue weighted by atomic mass is 9.92. The first kappa shape index (κ1) is 12.7. The molecule has 0 aliphatic heterocycles. The quantitative estimate of drug-likeness (QED) is 0.901. The van der Waals surface area contributed by atoms with Crippen LogP contribution in [0.5, 0.6) is 5.75 Å². The van der Waals surface area contributed by atoms with Crippen molar-refractivity contribution in [2.75, 3.05) is 12.4 Å². The summed E-state index contributed by atoms with van der Waals surface area (Å²) in [5, 5.41) is 3.55. The summed E-state index contributed by atoms with van der Waals surface area (Å²) in [6.45, 7) is 0. The fraction of sp³-hybridized carbons (Fsp3) is 0.538. The summed E-state index contributed by atoms with van der Waals surface area (Å²) < 4.78 is 6.20. The molecule has 17 heavy (non-hydrogen) atoms. The van der Waals surface area contributed by atoms with Crippen LogP contribution >= 0.6 is 15.9 Å². The first-order valence-corrected chi connectivity index (χ1v) is 6.84. The maximum Gasteiger partial charge on any atom is 0.133 e. The molecule has 1 aromatic rings. The Morgan fingerprint density at radius 3 is 2.59 bits per heavy atom. The zero-order valence-electron chi connectivity index (χ0n) is 10.1. The Morgan fingerprint density at radius 2 is 2.00 bits per heavy atom. The Morgan fingerprint density at radius 1 is 1.29 bits per heavy atom. The van der Waals surface area contributed by atoms with E-state index in [9.17, 15) is 0 Å². The van der Waals surface area contributed by atoms with Crippen molar-refractivity contribution in [2.45, 2.75) is 37.8 Å². The highest BCUT2D eigenvalue weighted by molar-refractivity contribution is 9.10. The van der Waals surface area contributed by atoms with Crippen molar-refractivity contribution in [1.82, 2.24) is 0 Å². The van der Waals surface area contributed by atoms with Crippen LogP contribution in [0.4, 0.5) is 5.69 Å². The molecule has 1 aromatic carbocycles. The van der Waals surface area contributed by atoms with Gasteiger partial charge in [-0.05, 0) is 59.8 Å². The van der Waals surface area contributed by atoms with E-state index in [4.69, 9.17) is 10.5 Å². The molecule has 2 rings (SSSR count). The van der Waals surface area contributed by atoms with Gasteiger partial charge in [-0.15, -0.1) is 0 Å². The highest BCUT2D eigenvalue weighted by Gasteiger charge is 2.18. The van der Waals surface area contributed by atoms with Crippen LogP contribution in [0.25, 0.3) is 0 Å². The molecule has 0 heterocycles. The molecule has 0 bridgehead atoms. The second-order valence-electron chi connectivity index (χ2n) is 4.61. The van der Waals surface area contributed by atoms with E-state index >= 15 is 0 Å². The number of benzene rings is 1. The van der Waals surface area contributed by atoms with Crippen LogP contribution < -0.4 is 15.8 Å². The van der Waals surface area contributed by atoms with Crippen LogP contribution in [-0.4, -0.2) is 19.2 Å². The fourth-order valence-electron chi connectivity index (χ4n) is 2.26. The van der Waals surface area contributed by atoms with Gasteiger partial charge in [0.2, 0.25) is 0 Å². The number of ether oxygens (including phenoxy) is 1. The Hall–Kier alpha value is -0.740. The molecule has 94 valence electrons. The lowest BCUT2D eigenvalue weighted by molar-refractivity contribution is 0.409. The summed E-state index contributed by atoms with van der Waals surface area (Å²) >= 11 is 3.50. The number of halogens is 1. The molecule has 1 saturated carbocycles. The van der Waals surface area contributed by atoms with Crippen molar-refractivity contribution >= 4 is 21.6 Å². The Bertz CT molecular complexity index is 376. The standard InChI is InChI=1S/C13H19BrN2O/c1-17-13-7-6-11(8-12(13)14)16-10-4-2-9(15)3-5-10/h6-10,16H,2-5,15H2,1H3. The van der Waals surface area contributed by atoms with Crippen LogP contribution in [0, 0.1) is 0 Å². The van der Waals surface area contributed by atoms with Gasteiger partial charge in [0.25, 0.3) is 0 Å². The number of nitrogens with two attached hydrogens (primary N) is 1. The highest BCUT2D eigenvalue weighted by atomic mass is 79.9. The van der Waals surface area contributed by atoms with Gasteiger partial charge in [-0.2, -0.15) is 0 Å². The predicted octanol–water partition coefficient (Wildman–Crippen LogP) is 3.14. The van der Waals surface area contributed by atoms with Crippen LogP contribution in [0.3, 0.4) is 0 Å². The van der Waals surface area contributed by atoms with E-state index in [2.05, 4.69) is 33.4 Å². The van der Waals surface area contributed by atoms with Gasteiger partial charge >= 0.3 is 0 Å². The zero-order valence-corrected chi connectivity index (χ0v) is 11.7. The molecule has 0 aromatic heterocycles. The summed E-state index contributed by atoms with van der Waals surface area (Å²) in [7, 11) is 1.68. The van der Waals surface area contributed by atoms with Gasteiger partial charge < -0.3 is 15.8 Å². The van der Waals surface area contributed by atoms with Crippen molar-refractivity contribution in [3.05, 3.63) is 22.7 Å². The molecule has 1 aliphatic rings. The first-order valence-electron chi connectivity index (χ1n) is 6.04. The lowest BCUT2D eigenvalue weighted by Crippen LogP contribution is -2.32. The molecule has 4 heteroatoms. The van der Waals surface area contributed by atoms with Crippen LogP contribution in [0.15, 0.2) is 22.7 Å². The fourth-order valence-corrected chi connectivity index (χ4v) is 2.80.